The molecule has 5 nitrogen and oxygen atoms in total. The number of hydrogen-bond acceptors (Lipinski definition) is 3. The molecular weight excluding hydrogens is 340 g/mol. The topological polar surface area (TPSA) is 58.6 Å². The first-order valence-electron chi connectivity index (χ1n) is 10.4. The lowest BCUT2D eigenvalue weighted by Gasteiger charge is -2.47. The van der Waals surface area contributed by atoms with Gasteiger partial charge in [0, 0.05) is 51.2 Å². The van der Waals surface area contributed by atoms with Crippen molar-refractivity contribution < 1.29 is 14.3 Å². The van der Waals surface area contributed by atoms with Crippen molar-refractivity contribution in [2.75, 3.05) is 20.1 Å². The molecule has 1 unspecified atom stereocenters. The van der Waals surface area contributed by atoms with Crippen LogP contribution in [0.15, 0.2) is 24.3 Å². The number of piperidine rings is 1. The number of ether oxygens (including phenoxy) is 1. The van der Waals surface area contributed by atoms with Crippen LogP contribution in [0.3, 0.4) is 0 Å². The lowest BCUT2D eigenvalue weighted by atomic mass is 9.76. The van der Waals surface area contributed by atoms with E-state index in [0.29, 0.717) is 12.3 Å². The van der Waals surface area contributed by atoms with Crippen molar-refractivity contribution in [3.8, 4) is 5.75 Å². The smallest absolute Gasteiger partial charge is 0.225 e. The van der Waals surface area contributed by atoms with Gasteiger partial charge >= 0.3 is 0 Å². The van der Waals surface area contributed by atoms with Gasteiger partial charge in [0.05, 0.1) is 0 Å². The Balaban J connectivity index is 1.47. The Bertz CT molecular complexity index is 703. The molecule has 146 valence electrons. The molecule has 2 aliphatic heterocycles. The van der Waals surface area contributed by atoms with Gasteiger partial charge in [0.1, 0.15) is 11.4 Å². The Labute approximate surface area is 161 Å². The van der Waals surface area contributed by atoms with E-state index in [1.165, 1.54) is 12.8 Å². The zero-order chi connectivity index (χ0) is 18.9. The number of hydrogen-bond donors (Lipinski definition) is 1. The number of para-hydroxylation sites is 1. The fraction of sp³-hybridized carbons (Fsp3) is 0.636. The molecule has 2 fully saturated rings. The van der Waals surface area contributed by atoms with Crippen molar-refractivity contribution in [1.82, 2.24) is 10.2 Å². The molecule has 4 rings (SSSR count). The van der Waals surface area contributed by atoms with E-state index in [4.69, 9.17) is 4.74 Å². The molecule has 1 aromatic rings. The average Bonchev–Trinajstić information content (AvgIpc) is 3.23. The average molecular weight is 370 g/mol. The third-order valence-electron chi connectivity index (χ3n) is 6.71. The number of amides is 2. The summed E-state index contributed by atoms with van der Waals surface area (Å²) in [4.78, 5) is 26.8. The van der Waals surface area contributed by atoms with E-state index in [2.05, 4.69) is 16.3 Å². The first-order chi connectivity index (χ1) is 13.1. The second-order valence-electron chi connectivity index (χ2n) is 8.41. The Morgan fingerprint density at radius 3 is 2.59 bits per heavy atom. The Morgan fingerprint density at radius 1 is 1.19 bits per heavy atom. The van der Waals surface area contributed by atoms with Crippen LogP contribution in [0.5, 0.6) is 5.75 Å². The Morgan fingerprint density at radius 2 is 1.89 bits per heavy atom. The minimum atomic E-state index is -0.250. The van der Waals surface area contributed by atoms with Gasteiger partial charge in [-0.05, 0) is 30.9 Å². The van der Waals surface area contributed by atoms with E-state index in [1.807, 2.05) is 18.2 Å². The van der Waals surface area contributed by atoms with Crippen molar-refractivity contribution in [1.29, 1.82) is 0 Å². The summed E-state index contributed by atoms with van der Waals surface area (Å²) in [5.41, 5.74) is 0.885. The summed E-state index contributed by atoms with van der Waals surface area (Å²) >= 11 is 0. The van der Waals surface area contributed by atoms with Crippen LogP contribution in [0.25, 0.3) is 0 Å². The molecule has 0 bridgehead atoms. The maximum atomic E-state index is 12.8. The second-order valence-corrected chi connectivity index (χ2v) is 8.41. The van der Waals surface area contributed by atoms with Gasteiger partial charge in [0.25, 0.3) is 0 Å². The number of nitrogens with zero attached hydrogens (tertiary/aromatic N) is 1. The van der Waals surface area contributed by atoms with E-state index < -0.39 is 0 Å². The second kappa shape index (κ2) is 7.53. The fourth-order valence-corrected chi connectivity index (χ4v) is 5.12. The van der Waals surface area contributed by atoms with Gasteiger partial charge in [-0.1, -0.05) is 31.0 Å². The van der Waals surface area contributed by atoms with Gasteiger partial charge in [0.2, 0.25) is 11.8 Å². The molecule has 2 heterocycles. The van der Waals surface area contributed by atoms with Crippen molar-refractivity contribution in [2.24, 2.45) is 5.92 Å². The number of rotatable bonds is 3. The van der Waals surface area contributed by atoms with Crippen molar-refractivity contribution >= 4 is 11.8 Å². The highest BCUT2D eigenvalue weighted by Gasteiger charge is 2.44. The highest BCUT2D eigenvalue weighted by molar-refractivity contribution is 5.79. The third-order valence-corrected chi connectivity index (χ3v) is 6.71. The molecule has 1 aromatic carbocycles. The number of carbonyl (C=O) groups is 2. The molecule has 1 N–H and O–H groups in total. The van der Waals surface area contributed by atoms with E-state index in [-0.39, 0.29) is 23.3 Å². The van der Waals surface area contributed by atoms with Gasteiger partial charge in [-0.2, -0.15) is 0 Å². The summed E-state index contributed by atoms with van der Waals surface area (Å²) in [7, 11) is 1.69. The molecule has 1 aliphatic carbocycles. The molecule has 1 spiro atoms. The monoisotopic (exact) mass is 370 g/mol. The summed E-state index contributed by atoms with van der Waals surface area (Å²) in [6.07, 6.45) is 7.53. The first-order valence-corrected chi connectivity index (χ1v) is 10.4. The predicted octanol–water partition coefficient (Wildman–Crippen LogP) is 3.24. The molecule has 0 aromatic heterocycles. The highest BCUT2D eigenvalue weighted by Crippen LogP contribution is 2.46. The predicted molar refractivity (Wildman–Crippen MR) is 104 cm³/mol. The normalized spacial score (nSPS) is 24.3. The van der Waals surface area contributed by atoms with E-state index >= 15 is 0 Å². The summed E-state index contributed by atoms with van der Waals surface area (Å²) in [6, 6.07) is 8.10. The summed E-state index contributed by atoms with van der Waals surface area (Å²) in [6.45, 7) is 1.54. The van der Waals surface area contributed by atoms with Crippen molar-refractivity contribution in [2.45, 2.75) is 62.9 Å². The molecular formula is C22H30N2O3. The van der Waals surface area contributed by atoms with Gasteiger partial charge in [0.15, 0.2) is 0 Å². The molecule has 27 heavy (non-hydrogen) atoms. The quantitative estimate of drug-likeness (QED) is 0.889. The van der Waals surface area contributed by atoms with Crippen LogP contribution in [-0.4, -0.2) is 42.5 Å². The van der Waals surface area contributed by atoms with Crippen molar-refractivity contribution in [3.63, 3.8) is 0 Å². The standard InChI is InChI=1S/C22H30N2O3/c1-23-20(25)14-17-15-22(27-19-9-5-4-8-18(17)19)10-12-24(13-11-22)21(26)16-6-2-3-7-16/h4-5,8-9,16-17H,2-3,6-7,10-15H2,1H3,(H,23,25). The Hall–Kier alpha value is -2.04. The molecule has 0 radical (unpaired) electrons. The van der Waals surface area contributed by atoms with Gasteiger partial charge in [-0.25, -0.2) is 0 Å². The Kier molecular flexibility index (Phi) is 5.11. The van der Waals surface area contributed by atoms with Crippen LogP contribution >= 0.6 is 0 Å². The summed E-state index contributed by atoms with van der Waals surface area (Å²) in [5.74, 6) is 1.74. The van der Waals surface area contributed by atoms with Crippen LogP contribution in [0.4, 0.5) is 0 Å². The maximum Gasteiger partial charge on any atom is 0.225 e. The number of likely N-dealkylation sites (tertiary alicyclic amines) is 1. The van der Waals surface area contributed by atoms with E-state index in [0.717, 1.165) is 56.5 Å². The molecule has 1 atom stereocenters. The SMILES string of the molecule is CNC(=O)CC1CC2(CCN(C(=O)C3CCCC3)CC2)Oc2ccccc21. The van der Waals surface area contributed by atoms with Crippen LogP contribution in [0, 0.1) is 5.92 Å². The molecule has 1 saturated heterocycles. The summed E-state index contributed by atoms with van der Waals surface area (Å²) < 4.78 is 6.49. The highest BCUT2D eigenvalue weighted by atomic mass is 16.5. The van der Waals surface area contributed by atoms with Crippen LogP contribution in [-0.2, 0) is 9.59 Å². The minimum Gasteiger partial charge on any atom is -0.487 e. The lowest BCUT2D eigenvalue weighted by Crippen LogP contribution is -2.52. The molecule has 3 aliphatic rings. The van der Waals surface area contributed by atoms with E-state index in [1.54, 1.807) is 7.05 Å². The van der Waals surface area contributed by atoms with Gasteiger partial charge in [-0.15, -0.1) is 0 Å². The number of nitrogens with one attached hydrogen (secondary N) is 1. The van der Waals surface area contributed by atoms with Crippen LogP contribution < -0.4 is 10.1 Å². The zero-order valence-electron chi connectivity index (χ0n) is 16.2. The van der Waals surface area contributed by atoms with Gasteiger partial charge < -0.3 is 15.0 Å². The number of benzene rings is 1. The van der Waals surface area contributed by atoms with Crippen LogP contribution in [0.1, 0.15) is 62.8 Å². The molecule has 2 amide bonds. The number of carbonyl (C=O) groups excluding carboxylic acids is 2. The fourth-order valence-electron chi connectivity index (χ4n) is 5.12. The van der Waals surface area contributed by atoms with Crippen LogP contribution in [0.2, 0.25) is 0 Å². The maximum absolute atomic E-state index is 12.8. The lowest BCUT2D eigenvalue weighted by molar-refractivity contribution is -0.139. The van der Waals surface area contributed by atoms with Crippen molar-refractivity contribution in [3.05, 3.63) is 29.8 Å². The largest absolute Gasteiger partial charge is 0.487 e. The zero-order valence-corrected chi connectivity index (χ0v) is 16.2. The molecule has 1 saturated carbocycles. The van der Waals surface area contributed by atoms with E-state index in [9.17, 15) is 9.59 Å². The minimum absolute atomic E-state index is 0.0701. The first kappa shape index (κ1) is 18.3. The third kappa shape index (κ3) is 3.69. The van der Waals surface area contributed by atoms with Gasteiger partial charge in [-0.3, -0.25) is 9.59 Å². The summed E-state index contributed by atoms with van der Waals surface area (Å²) in [5, 5.41) is 2.76. The molecule has 5 heteroatoms. The number of fused-ring (bicyclic) bond motifs is 1.